The van der Waals surface area contributed by atoms with E-state index in [1.807, 2.05) is 57.6 Å². The topological polar surface area (TPSA) is 23.3 Å². The first kappa shape index (κ1) is 57.3. The molecule has 6 aromatic carbocycles. The monoisotopic (exact) mass is 1540 g/mol. The van der Waals surface area contributed by atoms with Gasteiger partial charge in [-0.1, -0.05) is 157 Å². The van der Waals surface area contributed by atoms with Crippen molar-refractivity contribution >= 4 is 0 Å². The Morgan fingerprint density at radius 3 is 1.18 bits per heavy atom. The Bertz CT molecular complexity index is 6530. The number of aromatic nitrogens is 6. The first-order valence-corrected chi connectivity index (χ1v) is 38.7. The van der Waals surface area contributed by atoms with Crippen molar-refractivity contribution in [2.75, 3.05) is 0 Å². The van der Waals surface area contributed by atoms with Crippen molar-refractivity contribution in [2.24, 2.45) is 59.5 Å². The molecule has 0 saturated heterocycles. The van der Waals surface area contributed by atoms with Crippen LogP contribution in [-0.4, -0.2) is 0 Å². The van der Waals surface area contributed by atoms with E-state index >= 15 is 0 Å². The quantitative estimate of drug-likeness (QED) is 0.109. The van der Waals surface area contributed by atoms with Gasteiger partial charge in [-0.2, -0.15) is 0 Å². The Morgan fingerprint density at radius 2 is 0.699 bits per heavy atom. The summed E-state index contributed by atoms with van der Waals surface area (Å²) >= 11 is 0. The highest BCUT2D eigenvalue weighted by atomic mass is 14.9. The maximum Gasteiger partial charge on any atom is 0.212 e. The van der Waals surface area contributed by atoms with Crippen molar-refractivity contribution in [3.63, 3.8) is 0 Å². The van der Waals surface area contributed by atoms with E-state index in [0.717, 1.165) is 55.9 Å². The SMILES string of the molecule is Cc1ccc(C)c(-c2cc(C)c(C)c[n+]2C)c1.Cc1ccc(C)c(-c2ccc(C)c[n+]2C)c1.[2H]C([2H])([2H])c1cc(C)c(-c2cc(C([2H])([2H])C(C)(C)C)c(C([2H])([2H])[2H])c[n+]2C)cc1C.[2H]C([2H])([2H])c1ccc(-c2cc(C([2H])([2H])C(C)C)c(C([2H])([2H])[2H])c[n+]2C)c(C)c1.[2H]C([2H])([2H])c1ccc(-c2cc(C([2H])([2H])C(C)C)cc[n+]2C)c(C)c1.[2H]C([2H])([2H])c1ccc(-c2cc(C)c(C([2H])(C)C([2H])([2H])[2H])c[n+]2C)c(C)c1. The van der Waals surface area contributed by atoms with E-state index in [1.165, 1.54) is 86.8 Å². The minimum Gasteiger partial charge on any atom is -0.201 e. The van der Waals surface area contributed by atoms with Crippen molar-refractivity contribution < 1.29 is 65.8 Å². The number of rotatable bonds is 12. The predicted molar refractivity (Wildman–Crippen MR) is 483 cm³/mol. The number of hydrogen-bond donors (Lipinski definition) is 0. The molecule has 0 aliphatic heterocycles. The Morgan fingerprint density at radius 1 is 0.301 bits per heavy atom. The zero-order valence-corrected chi connectivity index (χ0v) is 72.2. The first-order valence-electron chi connectivity index (χ1n) is 52.7. The average Bonchev–Trinajstić information content (AvgIpc) is 0.740. The van der Waals surface area contributed by atoms with E-state index in [2.05, 4.69) is 139 Å². The van der Waals surface area contributed by atoms with Crippen LogP contribution in [-0.2, 0) is 61.4 Å². The fraction of sp³-hybridized carbons (Fsp3) is 0.383. The molecular weight excluding hydrogens is 1370 g/mol. The van der Waals surface area contributed by atoms with Crippen LogP contribution in [0.4, 0.5) is 0 Å². The highest BCUT2D eigenvalue weighted by Crippen LogP contribution is 2.32. The fourth-order valence-corrected chi connectivity index (χ4v) is 13.6. The molecule has 0 bridgehead atoms. The zero-order chi connectivity index (χ0) is 108. The van der Waals surface area contributed by atoms with Crippen LogP contribution in [0.3, 0.4) is 0 Å². The third kappa shape index (κ3) is 25.1. The number of pyridine rings is 6. The van der Waals surface area contributed by atoms with Gasteiger partial charge in [-0.3, -0.25) is 0 Å². The molecule has 0 N–H and O–H groups in total. The van der Waals surface area contributed by atoms with Crippen LogP contribution < -0.4 is 27.4 Å². The van der Waals surface area contributed by atoms with Gasteiger partial charge < -0.3 is 0 Å². The second-order valence-electron chi connectivity index (χ2n) is 32.1. The Kier molecular flexibility index (Phi) is 20.2. The van der Waals surface area contributed by atoms with Gasteiger partial charge in [-0.25, -0.2) is 27.4 Å². The number of hydrogen-bond acceptors (Lipinski definition) is 0. The minimum absolute atomic E-state index is 0.0192. The second-order valence-corrected chi connectivity index (χ2v) is 32.1. The molecule has 594 valence electrons. The second kappa shape index (κ2) is 39.8. The van der Waals surface area contributed by atoms with Gasteiger partial charge in [-0.05, 0) is 288 Å². The van der Waals surface area contributed by atoms with Crippen LogP contribution in [0, 0.1) is 148 Å². The lowest BCUT2D eigenvalue weighted by Crippen LogP contribution is -2.32. The highest BCUT2D eigenvalue weighted by Gasteiger charge is 2.24. The van der Waals surface area contributed by atoms with Crippen LogP contribution in [0.5, 0.6) is 0 Å². The largest absolute Gasteiger partial charge is 0.212 e. The van der Waals surface area contributed by atoms with E-state index in [9.17, 15) is 0 Å². The van der Waals surface area contributed by atoms with Crippen LogP contribution in [0.2, 0.25) is 0 Å². The summed E-state index contributed by atoms with van der Waals surface area (Å²) in [6.07, 6.45) is 5.66. The van der Waals surface area contributed by atoms with Gasteiger partial charge in [0.05, 0.1) is 0 Å². The number of nitrogens with zero attached hydrogens (tertiary/aromatic N) is 6. The van der Waals surface area contributed by atoms with Gasteiger partial charge >= 0.3 is 0 Å². The third-order valence-corrected chi connectivity index (χ3v) is 19.7. The van der Waals surface area contributed by atoms with Crippen molar-refractivity contribution in [2.45, 2.75) is 218 Å². The first-order chi connectivity index (χ1) is 64.0. The third-order valence-electron chi connectivity index (χ3n) is 19.7. The molecule has 12 rings (SSSR count). The molecule has 0 amide bonds. The van der Waals surface area contributed by atoms with E-state index in [1.54, 1.807) is 182 Å². The molecule has 0 fully saturated rings. The van der Waals surface area contributed by atoms with Crippen molar-refractivity contribution in [1.29, 1.82) is 0 Å². The maximum atomic E-state index is 8.71. The average molecular weight is 1540 g/mol. The summed E-state index contributed by atoms with van der Waals surface area (Å²) in [5, 5.41) is 0. The van der Waals surface area contributed by atoms with E-state index in [-0.39, 0.29) is 44.9 Å². The maximum absolute atomic E-state index is 8.71. The van der Waals surface area contributed by atoms with E-state index in [4.69, 9.17) is 38.4 Å². The summed E-state index contributed by atoms with van der Waals surface area (Å²) in [7, 11) is 11.3. The summed E-state index contributed by atoms with van der Waals surface area (Å²) < 4.78 is 232. The smallest absolute Gasteiger partial charge is 0.201 e. The Labute approximate surface area is 725 Å². The van der Waals surface area contributed by atoms with Crippen molar-refractivity contribution in [3.8, 4) is 67.5 Å². The van der Waals surface area contributed by atoms with Crippen molar-refractivity contribution in [3.05, 3.63) is 317 Å². The van der Waals surface area contributed by atoms with Gasteiger partial charge in [0.15, 0.2) is 37.2 Å². The fourth-order valence-electron chi connectivity index (χ4n) is 13.6. The molecule has 6 heteroatoms. The number of benzene rings is 6. The Hall–Kier alpha value is -9.78. The molecule has 0 radical (unpaired) electrons. The molecule has 0 spiro atoms. The van der Waals surface area contributed by atoms with Gasteiger partial charge in [0.2, 0.25) is 34.2 Å². The number of aryl methyl sites for hydroxylation is 25. The molecule has 0 aliphatic carbocycles. The van der Waals surface area contributed by atoms with Crippen LogP contribution in [0.15, 0.2) is 189 Å². The molecule has 6 aromatic heterocycles. The highest BCUT2D eigenvalue weighted by molar-refractivity contribution is 5.68. The summed E-state index contributed by atoms with van der Waals surface area (Å²) in [4.78, 5) is 0. The molecule has 6 heterocycles. The van der Waals surface area contributed by atoms with E-state index < -0.39 is 84.3 Å². The van der Waals surface area contributed by atoms with Gasteiger partial charge in [0.1, 0.15) is 42.3 Å². The lowest BCUT2D eigenvalue weighted by Gasteiger charge is -2.20. The summed E-state index contributed by atoms with van der Waals surface area (Å²) in [6, 6.07) is 46.9. The lowest BCUT2D eigenvalue weighted by atomic mass is 9.86. The summed E-state index contributed by atoms with van der Waals surface area (Å²) in [5.41, 5.74) is 26.7. The van der Waals surface area contributed by atoms with Crippen LogP contribution in [0.1, 0.15) is 234 Å². The van der Waals surface area contributed by atoms with Crippen molar-refractivity contribution in [1.82, 2.24) is 0 Å². The molecule has 113 heavy (non-hydrogen) atoms. The molecule has 0 saturated carbocycles. The van der Waals surface area contributed by atoms with Gasteiger partial charge in [0.25, 0.3) is 0 Å². The molecular formula is C107H142N6+6. The predicted octanol–water partition coefficient (Wildman–Crippen LogP) is 24.0. The standard InChI is InChI=1S/C21H30N.C19H26N.2C18H24N.C16H20N.C15H18N/c1-14-9-16(3)19(10-15(14)2)20-11-18(12-21(5,6)7)17(4)13-22(20)8;1-13(2)9-17-11-19(20(6)12-16(17)5)18-8-7-14(3)10-15(18)4;1-12(2)17-11-19(6)18(10-15(17)5)16-8-7-13(3)9-14(16)4;1-13(2)10-16-8-9-19(5)18(12-16)17-7-6-14(3)11-15(17)4;1-11-6-7-12(2)15(8-11)16-9-13(3)14(4)10-17(16)5;1-11-5-7-13(3)14(9-11)15-8-6-12(2)10-16(15)4/h9-11,13H,12H2,1-8H3;7-8,10-13H,9H2,1-6H3;7-12H,1-6H3;6-9,11-13H,10H2,1-5H3;6-10H,1-5H3;5-10H,1-4H3/q6*+1/i1D3,4D3,12D2;3D3,5D3,9D2;1D3,3D3,12D;3D3,10D2;;. The summed E-state index contributed by atoms with van der Waals surface area (Å²) in [5.74, 6) is -2.28. The molecule has 0 aliphatic rings. The molecule has 6 nitrogen and oxygen atoms in total. The lowest BCUT2D eigenvalue weighted by molar-refractivity contribution is -0.661. The van der Waals surface area contributed by atoms with Gasteiger partial charge in [0, 0.05) is 142 Å². The Balaban J connectivity index is 0.000000233. The zero-order valence-electron chi connectivity index (χ0n) is 100. The molecule has 1 unspecified atom stereocenters. The summed E-state index contributed by atoms with van der Waals surface area (Å²) in [6.45, 7) is 23.6. The van der Waals surface area contributed by atoms with Crippen LogP contribution in [0.25, 0.3) is 67.5 Å². The molecule has 1 atom stereocenters. The van der Waals surface area contributed by atoms with Crippen LogP contribution >= 0.6 is 0 Å². The normalized spacial score (nSPS) is 16.4. The minimum atomic E-state index is -2.47. The molecule has 12 aromatic rings. The van der Waals surface area contributed by atoms with Gasteiger partial charge in [-0.15, -0.1) is 0 Å². The van der Waals surface area contributed by atoms with E-state index in [0.29, 0.717) is 39.2 Å².